The van der Waals surface area contributed by atoms with Gasteiger partial charge in [-0.3, -0.25) is 13.9 Å². The standard InChI is InChI=1S/C35H36BrCl2N3O4S/c1-24(2)21-39-35(43)32(20-26-9-5-4-6-10-26)40(22-27-11-7-12-28(36)19-27)33(42)23-41(31-14-8-13-30(37)34(31)38)46(44,45)29-17-15-25(3)16-18-29/h4-19,24,32H,20-23H2,1-3H3,(H,39,43). The van der Waals surface area contributed by atoms with Crippen molar-refractivity contribution < 1.29 is 18.0 Å². The van der Waals surface area contributed by atoms with Gasteiger partial charge in [0.05, 0.1) is 20.6 Å². The van der Waals surface area contributed by atoms with Gasteiger partial charge in [0.25, 0.3) is 10.0 Å². The molecule has 242 valence electrons. The first-order valence-electron chi connectivity index (χ1n) is 14.8. The third kappa shape index (κ3) is 9.12. The normalized spacial score (nSPS) is 12.1. The molecule has 1 atom stereocenters. The maximum absolute atomic E-state index is 14.6. The molecule has 7 nitrogen and oxygen atoms in total. The average molecular weight is 746 g/mol. The minimum absolute atomic E-state index is 0.0123. The van der Waals surface area contributed by atoms with E-state index in [1.54, 1.807) is 24.3 Å². The van der Waals surface area contributed by atoms with Gasteiger partial charge in [-0.2, -0.15) is 0 Å². The molecule has 4 aromatic rings. The number of hydrogen-bond acceptors (Lipinski definition) is 4. The number of nitrogens with one attached hydrogen (secondary N) is 1. The number of sulfonamides is 1. The molecule has 0 saturated carbocycles. The van der Waals surface area contributed by atoms with Crippen molar-refractivity contribution in [1.82, 2.24) is 10.2 Å². The summed E-state index contributed by atoms with van der Waals surface area (Å²) in [5.41, 5.74) is 2.53. The molecule has 0 spiro atoms. The molecule has 1 N–H and O–H groups in total. The number of benzene rings is 4. The monoisotopic (exact) mass is 743 g/mol. The number of aryl methyl sites for hydroxylation is 1. The lowest BCUT2D eigenvalue weighted by Gasteiger charge is -2.34. The highest BCUT2D eigenvalue weighted by Gasteiger charge is 2.35. The summed E-state index contributed by atoms with van der Waals surface area (Å²) in [5.74, 6) is -0.752. The van der Waals surface area contributed by atoms with Crippen LogP contribution >= 0.6 is 39.1 Å². The largest absolute Gasteiger partial charge is 0.354 e. The number of carbonyl (C=O) groups excluding carboxylic acids is 2. The van der Waals surface area contributed by atoms with Crippen molar-refractivity contribution in [2.45, 2.75) is 44.7 Å². The van der Waals surface area contributed by atoms with E-state index >= 15 is 0 Å². The van der Waals surface area contributed by atoms with Crippen LogP contribution in [0.15, 0.2) is 106 Å². The SMILES string of the molecule is Cc1ccc(S(=O)(=O)N(CC(=O)N(Cc2cccc(Br)c2)C(Cc2ccccc2)C(=O)NCC(C)C)c2cccc(Cl)c2Cl)cc1. The van der Waals surface area contributed by atoms with Crippen molar-refractivity contribution in [2.24, 2.45) is 5.92 Å². The first kappa shape index (κ1) is 35.5. The Hall–Kier alpha value is -3.37. The molecule has 4 rings (SSSR count). The summed E-state index contributed by atoms with van der Waals surface area (Å²) in [4.78, 5) is 29.9. The van der Waals surface area contributed by atoms with Crippen LogP contribution in [0.3, 0.4) is 0 Å². The fourth-order valence-electron chi connectivity index (χ4n) is 4.84. The zero-order chi connectivity index (χ0) is 33.4. The van der Waals surface area contributed by atoms with E-state index in [1.807, 2.05) is 75.4 Å². The lowest BCUT2D eigenvalue weighted by Crippen LogP contribution is -2.53. The van der Waals surface area contributed by atoms with E-state index in [-0.39, 0.29) is 45.4 Å². The fraction of sp³-hybridized carbons (Fsp3) is 0.257. The van der Waals surface area contributed by atoms with Crippen LogP contribution < -0.4 is 9.62 Å². The van der Waals surface area contributed by atoms with Crippen molar-refractivity contribution in [1.29, 1.82) is 0 Å². The van der Waals surface area contributed by atoms with E-state index < -0.39 is 28.5 Å². The van der Waals surface area contributed by atoms with E-state index in [2.05, 4.69) is 21.2 Å². The lowest BCUT2D eigenvalue weighted by atomic mass is 10.0. The van der Waals surface area contributed by atoms with Crippen molar-refractivity contribution in [3.05, 3.63) is 128 Å². The molecule has 46 heavy (non-hydrogen) atoms. The second kappa shape index (κ2) is 16.0. The van der Waals surface area contributed by atoms with Gasteiger partial charge in [0.1, 0.15) is 12.6 Å². The van der Waals surface area contributed by atoms with E-state index in [4.69, 9.17) is 23.2 Å². The molecule has 4 aromatic carbocycles. The molecule has 0 fully saturated rings. The molecule has 2 amide bonds. The van der Waals surface area contributed by atoms with Gasteiger partial charge >= 0.3 is 0 Å². The van der Waals surface area contributed by atoms with Gasteiger partial charge in [-0.1, -0.05) is 119 Å². The molecule has 0 aliphatic carbocycles. The predicted octanol–water partition coefficient (Wildman–Crippen LogP) is 7.67. The molecule has 0 aliphatic heterocycles. The number of hydrogen-bond donors (Lipinski definition) is 1. The molecule has 0 radical (unpaired) electrons. The van der Waals surface area contributed by atoms with E-state index in [0.717, 1.165) is 25.5 Å². The lowest BCUT2D eigenvalue weighted by molar-refractivity contribution is -0.140. The Balaban J connectivity index is 1.83. The van der Waals surface area contributed by atoms with Crippen LogP contribution in [0.5, 0.6) is 0 Å². The molecule has 0 bridgehead atoms. The van der Waals surface area contributed by atoms with Crippen LogP contribution in [0.2, 0.25) is 10.0 Å². The number of amides is 2. The molecule has 0 saturated heterocycles. The summed E-state index contributed by atoms with van der Waals surface area (Å²) >= 11 is 16.4. The Morgan fingerprint density at radius 3 is 2.17 bits per heavy atom. The Labute approximate surface area is 289 Å². The highest BCUT2D eigenvalue weighted by molar-refractivity contribution is 9.10. The summed E-state index contributed by atoms with van der Waals surface area (Å²) in [5, 5.41) is 3.11. The van der Waals surface area contributed by atoms with Crippen LogP contribution in [0.1, 0.15) is 30.5 Å². The molecular weight excluding hydrogens is 709 g/mol. The first-order chi connectivity index (χ1) is 21.9. The molecular formula is C35H36BrCl2N3O4S. The molecule has 1 unspecified atom stereocenters. The topological polar surface area (TPSA) is 86.8 Å². The maximum Gasteiger partial charge on any atom is 0.264 e. The Morgan fingerprint density at radius 1 is 0.870 bits per heavy atom. The summed E-state index contributed by atoms with van der Waals surface area (Å²) in [6, 6.07) is 26.8. The quantitative estimate of drug-likeness (QED) is 0.152. The minimum atomic E-state index is -4.31. The van der Waals surface area contributed by atoms with Gasteiger partial charge in [-0.15, -0.1) is 0 Å². The highest BCUT2D eigenvalue weighted by Crippen LogP contribution is 2.35. The Morgan fingerprint density at radius 2 is 1.52 bits per heavy atom. The number of nitrogens with zero attached hydrogens (tertiary/aromatic N) is 2. The third-order valence-electron chi connectivity index (χ3n) is 7.29. The summed E-state index contributed by atoms with van der Waals surface area (Å²) < 4.78 is 30.2. The van der Waals surface area contributed by atoms with E-state index in [0.29, 0.717) is 6.54 Å². The zero-order valence-electron chi connectivity index (χ0n) is 25.8. The Kier molecular flexibility index (Phi) is 12.3. The summed E-state index contributed by atoms with van der Waals surface area (Å²) in [7, 11) is -4.31. The number of anilines is 1. The van der Waals surface area contributed by atoms with Crippen molar-refractivity contribution >= 4 is 66.7 Å². The number of rotatable bonds is 13. The Bertz CT molecular complexity index is 1770. The van der Waals surface area contributed by atoms with E-state index in [1.165, 1.54) is 23.1 Å². The first-order valence-corrected chi connectivity index (χ1v) is 17.7. The van der Waals surface area contributed by atoms with Gasteiger partial charge < -0.3 is 10.2 Å². The second-order valence-corrected chi connectivity index (χ2v) is 15.0. The fourth-order valence-corrected chi connectivity index (χ4v) is 7.16. The van der Waals surface area contributed by atoms with Crippen LogP contribution in [-0.4, -0.2) is 44.3 Å². The number of halogens is 3. The average Bonchev–Trinajstić information content (AvgIpc) is 3.02. The summed E-state index contributed by atoms with van der Waals surface area (Å²) in [6.45, 7) is 5.65. The van der Waals surface area contributed by atoms with Crippen LogP contribution in [0, 0.1) is 12.8 Å². The molecule has 0 aromatic heterocycles. The van der Waals surface area contributed by atoms with Crippen LogP contribution in [-0.2, 0) is 32.6 Å². The maximum atomic E-state index is 14.6. The number of carbonyl (C=O) groups is 2. The minimum Gasteiger partial charge on any atom is -0.354 e. The molecule has 0 aliphatic rings. The van der Waals surface area contributed by atoms with Gasteiger partial charge in [-0.25, -0.2) is 8.42 Å². The van der Waals surface area contributed by atoms with Gasteiger partial charge in [0, 0.05) is 24.0 Å². The highest BCUT2D eigenvalue weighted by atomic mass is 79.9. The summed E-state index contributed by atoms with van der Waals surface area (Å²) in [6.07, 6.45) is 0.215. The van der Waals surface area contributed by atoms with Gasteiger partial charge in [-0.05, 0) is 60.4 Å². The predicted molar refractivity (Wildman–Crippen MR) is 189 cm³/mol. The molecule has 11 heteroatoms. The van der Waals surface area contributed by atoms with Crippen molar-refractivity contribution in [2.75, 3.05) is 17.4 Å². The van der Waals surface area contributed by atoms with Crippen molar-refractivity contribution in [3.8, 4) is 0 Å². The van der Waals surface area contributed by atoms with Crippen LogP contribution in [0.4, 0.5) is 5.69 Å². The van der Waals surface area contributed by atoms with Gasteiger partial charge in [0.15, 0.2) is 0 Å². The third-order valence-corrected chi connectivity index (χ3v) is 10.4. The smallest absolute Gasteiger partial charge is 0.264 e. The van der Waals surface area contributed by atoms with Gasteiger partial charge in [0.2, 0.25) is 11.8 Å². The molecule has 0 heterocycles. The van der Waals surface area contributed by atoms with Crippen molar-refractivity contribution in [3.63, 3.8) is 0 Å². The second-order valence-electron chi connectivity index (χ2n) is 11.4. The van der Waals surface area contributed by atoms with E-state index in [9.17, 15) is 18.0 Å². The van der Waals surface area contributed by atoms with Crippen LogP contribution in [0.25, 0.3) is 0 Å². The zero-order valence-corrected chi connectivity index (χ0v) is 29.7.